The van der Waals surface area contributed by atoms with Crippen LogP contribution in [0.4, 0.5) is 4.39 Å². The fourth-order valence-corrected chi connectivity index (χ4v) is 0.835. The molecule has 1 aromatic heterocycles. The second-order valence-electron chi connectivity index (χ2n) is 2.42. The Morgan fingerprint density at radius 2 is 2.33 bits per heavy atom. The molecule has 0 aliphatic carbocycles. The summed E-state index contributed by atoms with van der Waals surface area (Å²) in [7, 11) is 0. The summed E-state index contributed by atoms with van der Waals surface area (Å²) in [6, 6.07) is 1.43. The molecule has 0 saturated heterocycles. The Morgan fingerprint density at radius 1 is 1.50 bits per heavy atom. The fourth-order valence-electron chi connectivity index (χ4n) is 0.835. The molecule has 0 amide bonds. The molecule has 0 aliphatic rings. The zero-order valence-corrected chi connectivity index (χ0v) is 6.70. The van der Waals surface area contributed by atoms with E-state index in [1.807, 2.05) is 12.2 Å². The molecule has 3 heteroatoms. The van der Waals surface area contributed by atoms with E-state index in [4.69, 9.17) is 5.73 Å². The molecule has 1 heterocycles. The largest absolute Gasteiger partial charge is 0.330 e. The molecule has 1 rings (SSSR count). The van der Waals surface area contributed by atoms with E-state index in [2.05, 4.69) is 4.98 Å². The highest BCUT2D eigenvalue weighted by atomic mass is 19.1. The summed E-state index contributed by atoms with van der Waals surface area (Å²) < 4.78 is 12.6. The highest BCUT2D eigenvalue weighted by Gasteiger charge is 1.89. The Balaban J connectivity index is 2.63. The van der Waals surface area contributed by atoms with E-state index in [-0.39, 0.29) is 5.82 Å². The third-order valence-electron chi connectivity index (χ3n) is 1.37. The van der Waals surface area contributed by atoms with Gasteiger partial charge in [-0.1, -0.05) is 12.2 Å². The van der Waals surface area contributed by atoms with Crippen LogP contribution in [0.25, 0.3) is 6.08 Å². The van der Waals surface area contributed by atoms with Crippen molar-refractivity contribution in [2.45, 2.75) is 6.42 Å². The molecule has 0 bridgehead atoms. The van der Waals surface area contributed by atoms with Gasteiger partial charge in [-0.15, -0.1) is 0 Å². The lowest BCUT2D eigenvalue weighted by Crippen LogP contribution is -1.94. The van der Waals surface area contributed by atoms with Gasteiger partial charge in [-0.3, -0.25) is 4.98 Å². The highest BCUT2D eigenvalue weighted by Crippen LogP contribution is 2.02. The van der Waals surface area contributed by atoms with Crippen molar-refractivity contribution in [1.82, 2.24) is 4.98 Å². The monoisotopic (exact) mass is 166 g/mol. The predicted molar refractivity (Wildman–Crippen MR) is 46.9 cm³/mol. The van der Waals surface area contributed by atoms with E-state index in [0.717, 1.165) is 12.0 Å². The second-order valence-corrected chi connectivity index (χ2v) is 2.42. The van der Waals surface area contributed by atoms with E-state index < -0.39 is 0 Å². The Morgan fingerprint density at radius 3 is 3.00 bits per heavy atom. The van der Waals surface area contributed by atoms with Crippen LogP contribution in [0, 0.1) is 5.82 Å². The second kappa shape index (κ2) is 4.62. The lowest BCUT2D eigenvalue weighted by Gasteiger charge is -1.91. The van der Waals surface area contributed by atoms with Gasteiger partial charge in [0, 0.05) is 6.20 Å². The van der Waals surface area contributed by atoms with Gasteiger partial charge >= 0.3 is 0 Å². The molecule has 0 aromatic carbocycles. The Hall–Kier alpha value is -1.22. The van der Waals surface area contributed by atoms with Gasteiger partial charge in [-0.05, 0) is 24.6 Å². The van der Waals surface area contributed by atoms with Crippen molar-refractivity contribution in [2.24, 2.45) is 5.73 Å². The standard InChI is InChI=1S/C9H11FN2/c10-9-5-8(6-12-7-9)3-1-2-4-11/h1,3,5-7H,2,4,11H2. The van der Waals surface area contributed by atoms with E-state index >= 15 is 0 Å². The molecule has 64 valence electrons. The number of halogens is 1. The predicted octanol–water partition coefficient (Wildman–Crippen LogP) is 1.58. The molecule has 2 nitrogen and oxygen atoms in total. The molecule has 2 N–H and O–H groups in total. The van der Waals surface area contributed by atoms with Gasteiger partial charge in [0.2, 0.25) is 0 Å². The number of nitrogens with zero attached hydrogens (tertiary/aromatic N) is 1. The van der Waals surface area contributed by atoms with Gasteiger partial charge in [0.15, 0.2) is 0 Å². The smallest absolute Gasteiger partial charge is 0.142 e. The van der Waals surface area contributed by atoms with Gasteiger partial charge in [0.05, 0.1) is 6.20 Å². The summed E-state index contributed by atoms with van der Waals surface area (Å²) in [6.45, 7) is 0.610. The molecule has 0 fully saturated rings. The minimum Gasteiger partial charge on any atom is -0.330 e. The summed E-state index contributed by atoms with van der Waals surface area (Å²) in [5.74, 6) is -0.315. The quantitative estimate of drug-likeness (QED) is 0.740. The molecule has 12 heavy (non-hydrogen) atoms. The summed E-state index contributed by atoms with van der Waals surface area (Å²) in [4.78, 5) is 3.71. The fraction of sp³-hybridized carbons (Fsp3) is 0.222. The van der Waals surface area contributed by atoms with Crippen LogP contribution in [0.15, 0.2) is 24.5 Å². The number of hydrogen-bond acceptors (Lipinski definition) is 2. The molecule has 0 radical (unpaired) electrons. The summed E-state index contributed by atoms with van der Waals surface area (Å²) in [5.41, 5.74) is 6.05. The van der Waals surface area contributed by atoms with Gasteiger partial charge < -0.3 is 5.73 Å². The van der Waals surface area contributed by atoms with Crippen molar-refractivity contribution in [3.05, 3.63) is 35.9 Å². The molecular formula is C9H11FN2. The molecule has 1 aromatic rings. The van der Waals surface area contributed by atoms with Crippen LogP contribution in [0.2, 0.25) is 0 Å². The van der Waals surface area contributed by atoms with E-state index in [1.165, 1.54) is 12.3 Å². The summed E-state index contributed by atoms with van der Waals surface area (Å²) in [5, 5.41) is 0. The minimum atomic E-state index is -0.315. The number of hydrogen-bond donors (Lipinski definition) is 1. The third-order valence-corrected chi connectivity index (χ3v) is 1.37. The Kier molecular flexibility index (Phi) is 3.41. The molecule has 0 saturated carbocycles. The maximum Gasteiger partial charge on any atom is 0.142 e. The minimum absolute atomic E-state index is 0.315. The average Bonchev–Trinajstić information content (AvgIpc) is 2.05. The lowest BCUT2D eigenvalue weighted by molar-refractivity contribution is 0.621. The van der Waals surface area contributed by atoms with Crippen molar-refractivity contribution in [3.8, 4) is 0 Å². The Bertz CT molecular complexity index is 271. The zero-order valence-electron chi connectivity index (χ0n) is 6.70. The average molecular weight is 166 g/mol. The van der Waals surface area contributed by atoms with Crippen molar-refractivity contribution in [1.29, 1.82) is 0 Å². The van der Waals surface area contributed by atoms with Crippen LogP contribution in [-0.2, 0) is 0 Å². The van der Waals surface area contributed by atoms with Gasteiger partial charge in [-0.25, -0.2) is 4.39 Å². The number of pyridine rings is 1. The number of rotatable bonds is 3. The van der Waals surface area contributed by atoms with Crippen LogP contribution in [0.1, 0.15) is 12.0 Å². The first kappa shape index (κ1) is 8.87. The maximum absolute atomic E-state index is 12.6. The van der Waals surface area contributed by atoms with E-state index in [1.54, 1.807) is 6.20 Å². The third kappa shape index (κ3) is 2.80. The van der Waals surface area contributed by atoms with Gasteiger partial charge in [0.1, 0.15) is 5.82 Å². The first-order valence-corrected chi connectivity index (χ1v) is 3.80. The molecule has 0 aliphatic heterocycles. The molecular weight excluding hydrogens is 155 g/mol. The molecule has 0 spiro atoms. The van der Waals surface area contributed by atoms with Crippen molar-refractivity contribution >= 4 is 6.08 Å². The molecule has 0 atom stereocenters. The van der Waals surface area contributed by atoms with Crippen LogP contribution < -0.4 is 5.73 Å². The van der Waals surface area contributed by atoms with E-state index in [0.29, 0.717) is 6.54 Å². The topological polar surface area (TPSA) is 38.9 Å². The number of nitrogens with two attached hydrogens (primary N) is 1. The SMILES string of the molecule is NCCC=Cc1cncc(F)c1. The summed E-state index contributed by atoms with van der Waals surface area (Å²) in [6.07, 6.45) is 7.30. The van der Waals surface area contributed by atoms with Crippen molar-refractivity contribution in [2.75, 3.05) is 6.54 Å². The normalized spacial score (nSPS) is 10.8. The van der Waals surface area contributed by atoms with Crippen molar-refractivity contribution in [3.63, 3.8) is 0 Å². The van der Waals surface area contributed by atoms with E-state index in [9.17, 15) is 4.39 Å². The van der Waals surface area contributed by atoms with Crippen LogP contribution in [-0.4, -0.2) is 11.5 Å². The lowest BCUT2D eigenvalue weighted by atomic mass is 10.2. The van der Waals surface area contributed by atoms with Gasteiger partial charge in [-0.2, -0.15) is 0 Å². The zero-order chi connectivity index (χ0) is 8.81. The van der Waals surface area contributed by atoms with Crippen LogP contribution >= 0.6 is 0 Å². The molecule has 0 unspecified atom stereocenters. The van der Waals surface area contributed by atoms with Crippen molar-refractivity contribution < 1.29 is 4.39 Å². The van der Waals surface area contributed by atoms with Gasteiger partial charge in [0.25, 0.3) is 0 Å². The highest BCUT2D eigenvalue weighted by molar-refractivity contribution is 5.47. The summed E-state index contributed by atoms with van der Waals surface area (Å²) >= 11 is 0. The maximum atomic E-state index is 12.6. The first-order chi connectivity index (χ1) is 5.83. The number of aromatic nitrogens is 1. The van der Waals surface area contributed by atoms with Crippen LogP contribution in [0.5, 0.6) is 0 Å². The van der Waals surface area contributed by atoms with Crippen LogP contribution in [0.3, 0.4) is 0 Å². The first-order valence-electron chi connectivity index (χ1n) is 3.80. The Labute approximate surface area is 70.9 Å².